The van der Waals surface area contributed by atoms with E-state index < -0.39 is 5.72 Å². The predicted octanol–water partition coefficient (Wildman–Crippen LogP) is 4.17. The van der Waals surface area contributed by atoms with Crippen LogP contribution in [0.5, 0.6) is 5.75 Å². The molecule has 1 N–H and O–H groups in total. The zero-order valence-electron chi connectivity index (χ0n) is 14.3. The van der Waals surface area contributed by atoms with Crippen LogP contribution < -0.4 is 15.0 Å². The molecule has 2 aliphatic rings. The number of nitrogens with zero attached hydrogens (tertiary/aromatic N) is 1. The standard InChI is InChI=1S/C19H17BrN2O3S/c1-19-10-15(14-9-11(17(23)24-2)3-8-16(14)25-19)21-18(26)22(19)13-6-4-12(20)5-7-13/h3-9,15H,10H2,1-2H3,(H,21,26)/t15-,19+/m1/s1. The Morgan fingerprint density at radius 3 is 2.77 bits per heavy atom. The highest BCUT2D eigenvalue weighted by Gasteiger charge is 2.48. The van der Waals surface area contributed by atoms with Crippen LogP contribution in [0.25, 0.3) is 0 Å². The van der Waals surface area contributed by atoms with Crippen molar-refractivity contribution in [2.45, 2.75) is 25.1 Å². The molecule has 0 amide bonds. The lowest BCUT2D eigenvalue weighted by Crippen LogP contribution is -2.65. The van der Waals surface area contributed by atoms with Crippen molar-refractivity contribution in [2.24, 2.45) is 0 Å². The molecule has 4 rings (SSSR count). The summed E-state index contributed by atoms with van der Waals surface area (Å²) in [7, 11) is 1.37. The van der Waals surface area contributed by atoms with Gasteiger partial charge in [-0.25, -0.2) is 4.79 Å². The molecule has 2 heterocycles. The summed E-state index contributed by atoms with van der Waals surface area (Å²) >= 11 is 9.10. The van der Waals surface area contributed by atoms with E-state index in [9.17, 15) is 4.79 Å². The maximum absolute atomic E-state index is 11.8. The van der Waals surface area contributed by atoms with E-state index in [2.05, 4.69) is 21.2 Å². The van der Waals surface area contributed by atoms with E-state index in [0.717, 1.165) is 21.5 Å². The maximum atomic E-state index is 11.8. The van der Waals surface area contributed by atoms with E-state index in [1.165, 1.54) is 7.11 Å². The van der Waals surface area contributed by atoms with Gasteiger partial charge in [0.1, 0.15) is 5.75 Å². The number of benzene rings is 2. The van der Waals surface area contributed by atoms with Crippen molar-refractivity contribution in [3.05, 3.63) is 58.1 Å². The summed E-state index contributed by atoms with van der Waals surface area (Å²) in [5.41, 5.74) is 1.77. The summed E-state index contributed by atoms with van der Waals surface area (Å²) in [5.74, 6) is 0.379. The molecule has 0 aliphatic carbocycles. The summed E-state index contributed by atoms with van der Waals surface area (Å²) in [6.07, 6.45) is 0.695. The Morgan fingerprint density at radius 2 is 2.08 bits per heavy atom. The number of rotatable bonds is 2. The lowest BCUT2D eigenvalue weighted by atomic mass is 9.89. The Labute approximate surface area is 165 Å². The van der Waals surface area contributed by atoms with Gasteiger partial charge in [0.05, 0.1) is 18.7 Å². The van der Waals surface area contributed by atoms with Crippen molar-refractivity contribution < 1.29 is 14.3 Å². The third kappa shape index (κ3) is 2.75. The van der Waals surface area contributed by atoms with Crippen molar-refractivity contribution in [3.8, 4) is 5.75 Å². The number of nitrogens with one attached hydrogen (secondary N) is 1. The first-order chi connectivity index (χ1) is 12.4. The third-order valence-electron chi connectivity index (χ3n) is 4.78. The van der Waals surface area contributed by atoms with E-state index in [4.69, 9.17) is 21.7 Å². The highest BCUT2D eigenvalue weighted by molar-refractivity contribution is 9.10. The SMILES string of the molecule is COC(=O)c1ccc2c(c1)[C@H]1C[C@](C)(O2)N(c2ccc(Br)cc2)C(=S)N1. The number of esters is 1. The summed E-state index contributed by atoms with van der Waals surface area (Å²) in [5, 5.41) is 3.99. The van der Waals surface area contributed by atoms with E-state index in [1.54, 1.807) is 6.07 Å². The topological polar surface area (TPSA) is 50.8 Å². The minimum Gasteiger partial charge on any atom is -0.467 e. The van der Waals surface area contributed by atoms with E-state index in [1.807, 2.05) is 48.2 Å². The zero-order valence-corrected chi connectivity index (χ0v) is 16.7. The van der Waals surface area contributed by atoms with Crippen LogP contribution in [0.1, 0.15) is 35.3 Å². The van der Waals surface area contributed by atoms with Gasteiger partial charge in [0.15, 0.2) is 10.8 Å². The summed E-state index contributed by atoms with van der Waals surface area (Å²) in [6.45, 7) is 2.03. The smallest absolute Gasteiger partial charge is 0.337 e. The number of hydrogen-bond donors (Lipinski definition) is 1. The molecule has 0 saturated carbocycles. The first-order valence-corrected chi connectivity index (χ1v) is 9.39. The number of anilines is 1. The minimum atomic E-state index is -0.611. The quantitative estimate of drug-likeness (QED) is 0.567. The fourth-order valence-electron chi connectivity index (χ4n) is 3.60. The molecule has 2 bridgehead atoms. The van der Waals surface area contributed by atoms with Crippen LogP contribution in [-0.2, 0) is 4.74 Å². The van der Waals surface area contributed by atoms with Gasteiger partial charge in [0.2, 0.25) is 0 Å². The Kier molecular flexibility index (Phi) is 4.16. The molecular formula is C19H17BrN2O3S. The zero-order chi connectivity index (χ0) is 18.5. The Morgan fingerprint density at radius 1 is 1.35 bits per heavy atom. The van der Waals surface area contributed by atoms with Gasteiger partial charge in [0.25, 0.3) is 0 Å². The second-order valence-corrected chi connectivity index (χ2v) is 7.84. The van der Waals surface area contributed by atoms with Crippen LogP contribution in [0.15, 0.2) is 46.9 Å². The van der Waals surface area contributed by atoms with Crippen LogP contribution in [-0.4, -0.2) is 23.9 Å². The molecule has 2 aromatic carbocycles. The number of hydrogen-bond acceptors (Lipinski definition) is 4. The van der Waals surface area contributed by atoms with Gasteiger partial charge < -0.3 is 14.8 Å². The Balaban J connectivity index is 1.75. The normalized spacial score (nSPS) is 23.6. The van der Waals surface area contributed by atoms with Crippen molar-refractivity contribution >= 4 is 44.9 Å². The number of ether oxygens (including phenoxy) is 2. The fraction of sp³-hybridized carbons (Fsp3) is 0.263. The molecule has 7 heteroatoms. The van der Waals surface area contributed by atoms with Gasteiger partial charge in [-0.05, 0) is 61.6 Å². The lowest BCUT2D eigenvalue weighted by molar-refractivity contribution is 0.0494. The molecule has 26 heavy (non-hydrogen) atoms. The fourth-order valence-corrected chi connectivity index (χ4v) is 4.31. The van der Waals surface area contributed by atoms with Gasteiger partial charge in [-0.1, -0.05) is 15.9 Å². The Bertz CT molecular complexity index is 902. The molecule has 2 atom stereocenters. The highest BCUT2D eigenvalue weighted by atomic mass is 79.9. The molecule has 2 aliphatic heterocycles. The number of thiocarbonyl (C=S) groups is 1. The lowest BCUT2D eigenvalue weighted by Gasteiger charge is -2.52. The van der Waals surface area contributed by atoms with Crippen LogP contribution in [0.2, 0.25) is 0 Å². The molecule has 2 aromatic rings. The van der Waals surface area contributed by atoms with Crippen LogP contribution in [0, 0.1) is 0 Å². The number of fused-ring (bicyclic) bond motifs is 4. The van der Waals surface area contributed by atoms with Crippen molar-refractivity contribution in [1.29, 1.82) is 0 Å². The van der Waals surface area contributed by atoms with Gasteiger partial charge in [-0.3, -0.25) is 4.90 Å². The van der Waals surface area contributed by atoms with Crippen molar-refractivity contribution in [1.82, 2.24) is 5.32 Å². The summed E-state index contributed by atoms with van der Waals surface area (Å²) in [6, 6.07) is 13.3. The maximum Gasteiger partial charge on any atom is 0.337 e. The molecule has 1 saturated heterocycles. The molecule has 0 spiro atoms. The second kappa shape index (κ2) is 6.25. The number of carbonyl (C=O) groups excluding carboxylic acids is 1. The molecular weight excluding hydrogens is 416 g/mol. The average molecular weight is 433 g/mol. The predicted molar refractivity (Wildman–Crippen MR) is 107 cm³/mol. The van der Waals surface area contributed by atoms with Gasteiger partial charge >= 0.3 is 5.97 Å². The van der Waals surface area contributed by atoms with Crippen molar-refractivity contribution in [3.63, 3.8) is 0 Å². The average Bonchev–Trinajstić information content (AvgIpc) is 2.61. The molecule has 0 unspecified atom stereocenters. The largest absolute Gasteiger partial charge is 0.467 e. The number of methoxy groups -OCH3 is 1. The first-order valence-electron chi connectivity index (χ1n) is 8.19. The number of carbonyl (C=O) groups is 1. The molecule has 5 nitrogen and oxygen atoms in total. The van der Waals surface area contributed by atoms with Gasteiger partial charge in [-0.15, -0.1) is 0 Å². The third-order valence-corrected chi connectivity index (χ3v) is 5.61. The molecule has 1 fully saturated rings. The highest BCUT2D eigenvalue weighted by Crippen LogP contribution is 2.45. The minimum absolute atomic E-state index is 0.0208. The molecule has 134 valence electrons. The van der Waals surface area contributed by atoms with Crippen molar-refractivity contribution in [2.75, 3.05) is 12.0 Å². The Hall–Kier alpha value is -2.12. The monoisotopic (exact) mass is 432 g/mol. The number of halogens is 1. The van der Waals surface area contributed by atoms with Gasteiger partial charge in [0, 0.05) is 22.1 Å². The van der Waals surface area contributed by atoms with Crippen LogP contribution in [0.4, 0.5) is 5.69 Å². The van der Waals surface area contributed by atoms with Gasteiger partial charge in [-0.2, -0.15) is 0 Å². The van der Waals surface area contributed by atoms with E-state index in [0.29, 0.717) is 17.1 Å². The van der Waals surface area contributed by atoms with E-state index >= 15 is 0 Å². The first kappa shape index (κ1) is 17.3. The van der Waals surface area contributed by atoms with E-state index in [-0.39, 0.29) is 12.0 Å². The second-order valence-electron chi connectivity index (χ2n) is 6.54. The van der Waals surface area contributed by atoms with Crippen LogP contribution >= 0.6 is 28.1 Å². The molecule has 0 aromatic heterocycles. The summed E-state index contributed by atoms with van der Waals surface area (Å²) < 4.78 is 12.2. The molecule has 0 radical (unpaired) electrons. The summed E-state index contributed by atoms with van der Waals surface area (Å²) in [4.78, 5) is 13.8. The van der Waals surface area contributed by atoms with Crippen LogP contribution in [0.3, 0.4) is 0 Å².